The van der Waals surface area contributed by atoms with Crippen molar-refractivity contribution < 1.29 is 9.53 Å². The molecule has 4 heterocycles. The normalized spacial score (nSPS) is 17.2. The number of ether oxygens (including phenoxy) is 1. The van der Waals surface area contributed by atoms with Gasteiger partial charge in [-0.3, -0.25) is 4.79 Å². The summed E-state index contributed by atoms with van der Waals surface area (Å²) >= 11 is 5.50. The van der Waals surface area contributed by atoms with E-state index in [9.17, 15) is 4.79 Å². The van der Waals surface area contributed by atoms with E-state index in [1.54, 1.807) is 19.2 Å². The van der Waals surface area contributed by atoms with Crippen LogP contribution in [0, 0.1) is 6.92 Å². The van der Waals surface area contributed by atoms with Crippen LogP contribution in [0.2, 0.25) is 5.15 Å². The number of hydrogen-bond donors (Lipinski definition) is 1. The maximum Gasteiger partial charge on any atom is 0.219 e. The molecule has 0 spiro atoms. The van der Waals surface area contributed by atoms with Crippen LogP contribution in [-0.2, 0) is 4.79 Å². The molecule has 2 aromatic rings. The molecule has 0 unspecified atom stereocenters. The van der Waals surface area contributed by atoms with Crippen LogP contribution in [0.1, 0.15) is 49.7 Å². The van der Waals surface area contributed by atoms with Gasteiger partial charge in [0.25, 0.3) is 0 Å². The number of aryl methyl sites for hydroxylation is 1. The number of likely N-dealkylation sites (tertiary alicyclic amines) is 1. The van der Waals surface area contributed by atoms with Crippen molar-refractivity contribution >= 4 is 29.9 Å². The molecule has 0 radical (unpaired) electrons. The van der Waals surface area contributed by atoms with Gasteiger partial charge in [-0.2, -0.15) is 0 Å². The number of amides is 1. The minimum absolute atomic E-state index is 0. The summed E-state index contributed by atoms with van der Waals surface area (Å²) in [7, 11) is 0. The number of aromatic nitrogens is 2. The summed E-state index contributed by atoms with van der Waals surface area (Å²) in [6.07, 6.45) is 7.89. The molecule has 2 saturated heterocycles. The molecule has 2 aliphatic heterocycles. The minimum Gasteiger partial charge on any atom is -0.474 e. The number of pyridine rings is 2. The summed E-state index contributed by atoms with van der Waals surface area (Å²) in [5, 5.41) is 3.91. The van der Waals surface area contributed by atoms with Crippen molar-refractivity contribution in [3.63, 3.8) is 0 Å². The summed E-state index contributed by atoms with van der Waals surface area (Å²) in [6.45, 7) is 7.33. The van der Waals surface area contributed by atoms with Crippen molar-refractivity contribution in [1.29, 1.82) is 0 Å². The predicted octanol–water partition coefficient (Wildman–Crippen LogP) is 4.40. The van der Waals surface area contributed by atoms with Crippen LogP contribution in [0.3, 0.4) is 0 Å². The van der Waals surface area contributed by atoms with Crippen molar-refractivity contribution in [2.24, 2.45) is 0 Å². The van der Waals surface area contributed by atoms with Crippen molar-refractivity contribution in [2.75, 3.05) is 26.2 Å². The van der Waals surface area contributed by atoms with E-state index < -0.39 is 0 Å². The maximum absolute atomic E-state index is 11.5. The third kappa shape index (κ3) is 7.95. The van der Waals surface area contributed by atoms with Gasteiger partial charge in [0.1, 0.15) is 11.3 Å². The molecule has 0 saturated carbocycles. The van der Waals surface area contributed by atoms with Gasteiger partial charge >= 0.3 is 0 Å². The number of carbonyl (C=O) groups excluding carboxylic acids is 1. The van der Waals surface area contributed by atoms with E-state index in [2.05, 4.69) is 21.4 Å². The highest BCUT2D eigenvalue weighted by molar-refractivity contribution is 6.29. The van der Waals surface area contributed by atoms with E-state index in [0.29, 0.717) is 11.1 Å². The van der Waals surface area contributed by atoms with Crippen molar-refractivity contribution in [2.45, 2.75) is 51.6 Å². The molecule has 0 aliphatic carbocycles. The molecular formula is C23H32Cl2N4O2. The predicted molar refractivity (Wildman–Crippen MR) is 126 cm³/mol. The topological polar surface area (TPSA) is 67.4 Å². The monoisotopic (exact) mass is 466 g/mol. The Morgan fingerprint density at radius 3 is 2.42 bits per heavy atom. The number of rotatable bonds is 3. The number of carbonyl (C=O) groups is 1. The van der Waals surface area contributed by atoms with E-state index in [0.717, 1.165) is 63.3 Å². The van der Waals surface area contributed by atoms with Crippen LogP contribution in [0.25, 0.3) is 0 Å². The van der Waals surface area contributed by atoms with Gasteiger partial charge in [-0.25, -0.2) is 9.97 Å². The second-order valence-electron chi connectivity index (χ2n) is 7.90. The standard InChI is InChI=1S/C17H25N3O2.C6H6ClN.ClH/c1-13(21)20-11-6-14(7-12-20)16-3-2-8-19-17(16)22-15-4-9-18-10-5-15;1-5-2-3-6(7)8-4-5;/h2-3,8,14-15,18H,4-7,9-12H2,1H3;2-4H,1H3;1H. The molecule has 0 bridgehead atoms. The number of nitrogens with zero attached hydrogens (tertiary/aromatic N) is 3. The zero-order valence-corrected chi connectivity index (χ0v) is 19.8. The molecule has 0 atom stereocenters. The first-order valence-electron chi connectivity index (χ1n) is 10.7. The van der Waals surface area contributed by atoms with E-state index in [1.165, 1.54) is 5.56 Å². The largest absolute Gasteiger partial charge is 0.474 e. The molecule has 0 aromatic carbocycles. The number of nitrogens with one attached hydrogen (secondary N) is 1. The van der Waals surface area contributed by atoms with Gasteiger partial charge in [0.15, 0.2) is 0 Å². The Hall–Kier alpha value is -1.89. The van der Waals surface area contributed by atoms with Gasteiger partial charge in [0.05, 0.1) is 0 Å². The zero-order chi connectivity index (χ0) is 21.3. The highest BCUT2D eigenvalue weighted by atomic mass is 35.5. The van der Waals surface area contributed by atoms with Gasteiger partial charge in [0, 0.05) is 38.0 Å². The molecule has 8 heteroatoms. The van der Waals surface area contributed by atoms with E-state index >= 15 is 0 Å². The van der Waals surface area contributed by atoms with Crippen LogP contribution in [-0.4, -0.2) is 53.1 Å². The van der Waals surface area contributed by atoms with Gasteiger partial charge in [-0.05, 0) is 69.3 Å². The molecule has 2 aliphatic rings. The molecule has 2 fully saturated rings. The molecule has 4 rings (SSSR count). The van der Waals surface area contributed by atoms with Gasteiger partial charge in [-0.15, -0.1) is 12.4 Å². The average Bonchev–Trinajstić information content (AvgIpc) is 2.77. The fraction of sp³-hybridized carbons (Fsp3) is 0.522. The Bertz CT molecular complexity index is 784. The van der Waals surface area contributed by atoms with Crippen LogP contribution >= 0.6 is 24.0 Å². The molecular weight excluding hydrogens is 435 g/mol. The molecule has 6 nitrogen and oxygen atoms in total. The first-order chi connectivity index (χ1) is 14.5. The van der Waals surface area contributed by atoms with Crippen molar-refractivity contribution in [1.82, 2.24) is 20.2 Å². The lowest BCUT2D eigenvalue weighted by Crippen LogP contribution is -2.37. The molecule has 1 amide bonds. The average molecular weight is 467 g/mol. The Labute approximate surface area is 196 Å². The second-order valence-corrected chi connectivity index (χ2v) is 8.29. The van der Waals surface area contributed by atoms with Crippen LogP contribution in [0.15, 0.2) is 36.7 Å². The summed E-state index contributed by atoms with van der Waals surface area (Å²) in [5.41, 5.74) is 2.35. The van der Waals surface area contributed by atoms with Crippen molar-refractivity contribution in [3.8, 4) is 5.88 Å². The SMILES string of the molecule is CC(=O)N1CCC(c2cccnc2OC2CCNCC2)CC1.Cc1ccc(Cl)nc1.Cl. The summed E-state index contributed by atoms with van der Waals surface area (Å²) in [6, 6.07) is 7.83. The number of piperidine rings is 2. The zero-order valence-electron chi connectivity index (χ0n) is 18.2. The first-order valence-corrected chi connectivity index (χ1v) is 11.1. The fourth-order valence-corrected chi connectivity index (χ4v) is 3.95. The number of hydrogen-bond acceptors (Lipinski definition) is 5. The lowest BCUT2D eigenvalue weighted by molar-refractivity contribution is -0.129. The Balaban J connectivity index is 0.000000322. The van der Waals surface area contributed by atoms with E-state index in [4.69, 9.17) is 16.3 Å². The Morgan fingerprint density at radius 2 is 1.84 bits per heavy atom. The third-order valence-corrected chi connectivity index (χ3v) is 5.84. The van der Waals surface area contributed by atoms with E-state index in [1.807, 2.05) is 30.2 Å². The minimum atomic E-state index is 0. The molecule has 31 heavy (non-hydrogen) atoms. The van der Waals surface area contributed by atoms with Crippen LogP contribution in [0.5, 0.6) is 5.88 Å². The molecule has 1 N–H and O–H groups in total. The summed E-state index contributed by atoms with van der Waals surface area (Å²) < 4.78 is 6.18. The Morgan fingerprint density at radius 1 is 1.13 bits per heavy atom. The highest BCUT2D eigenvalue weighted by Crippen LogP contribution is 2.33. The number of halogens is 2. The van der Waals surface area contributed by atoms with E-state index in [-0.39, 0.29) is 24.4 Å². The van der Waals surface area contributed by atoms with Gasteiger partial charge in [0.2, 0.25) is 11.8 Å². The quantitative estimate of drug-likeness (QED) is 0.678. The Kier molecular flexibility index (Phi) is 10.5. The fourth-order valence-electron chi connectivity index (χ4n) is 3.84. The third-order valence-electron chi connectivity index (χ3n) is 5.62. The summed E-state index contributed by atoms with van der Waals surface area (Å²) in [5.74, 6) is 1.42. The lowest BCUT2D eigenvalue weighted by Gasteiger charge is -2.32. The van der Waals surface area contributed by atoms with Gasteiger partial charge in [-0.1, -0.05) is 23.7 Å². The highest BCUT2D eigenvalue weighted by Gasteiger charge is 2.26. The van der Waals surface area contributed by atoms with Gasteiger partial charge < -0.3 is 15.0 Å². The molecule has 2 aromatic heterocycles. The first kappa shape index (κ1) is 25.4. The summed E-state index contributed by atoms with van der Waals surface area (Å²) in [4.78, 5) is 21.7. The lowest BCUT2D eigenvalue weighted by atomic mass is 9.90. The second kappa shape index (κ2) is 12.8. The smallest absolute Gasteiger partial charge is 0.219 e. The van der Waals surface area contributed by atoms with Crippen LogP contribution < -0.4 is 10.1 Å². The van der Waals surface area contributed by atoms with Crippen molar-refractivity contribution in [3.05, 3.63) is 52.9 Å². The van der Waals surface area contributed by atoms with Crippen LogP contribution in [0.4, 0.5) is 0 Å². The molecule has 170 valence electrons. The maximum atomic E-state index is 11.5.